The van der Waals surface area contributed by atoms with Gasteiger partial charge >= 0.3 is 0 Å². The van der Waals surface area contributed by atoms with Crippen LogP contribution in [0.5, 0.6) is 5.75 Å². The first-order valence-electron chi connectivity index (χ1n) is 9.05. The van der Waals surface area contributed by atoms with E-state index in [9.17, 15) is 4.79 Å². The van der Waals surface area contributed by atoms with E-state index in [2.05, 4.69) is 17.8 Å². The Balaban J connectivity index is 1.80. The fraction of sp³-hybridized carbons (Fsp3) is 0.550. The highest BCUT2D eigenvalue weighted by atomic mass is 16.5. The van der Waals surface area contributed by atoms with Crippen LogP contribution in [0.3, 0.4) is 0 Å². The van der Waals surface area contributed by atoms with E-state index in [-0.39, 0.29) is 11.4 Å². The van der Waals surface area contributed by atoms with Crippen molar-refractivity contribution in [1.29, 1.82) is 0 Å². The molecule has 1 saturated heterocycles. The average Bonchev–Trinajstić information content (AvgIpc) is 2.82. The number of hydrogen-bond donors (Lipinski definition) is 2. The van der Waals surface area contributed by atoms with Gasteiger partial charge in [-0.1, -0.05) is 51.2 Å². The molecule has 1 fully saturated rings. The lowest BCUT2D eigenvalue weighted by Crippen LogP contribution is -2.38. The highest BCUT2D eigenvalue weighted by Crippen LogP contribution is 2.23. The van der Waals surface area contributed by atoms with Gasteiger partial charge in [0.2, 0.25) is 0 Å². The number of unbranched alkanes of at least 4 members (excludes halogenated alkanes) is 5. The molecule has 0 atom stereocenters. The highest BCUT2D eigenvalue weighted by Gasteiger charge is 2.34. The van der Waals surface area contributed by atoms with Crippen molar-refractivity contribution in [1.82, 2.24) is 10.9 Å². The van der Waals surface area contributed by atoms with Crippen LogP contribution in [0.25, 0.3) is 6.08 Å². The first-order chi connectivity index (χ1) is 11.5. The number of benzene rings is 1. The number of nitrogens with one attached hydrogen (secondary N) is 2. The predicted octanol–water partition coefficient (Wildman–Crippen LogP) is 4.22. The Morgan fingerprint density at radius 2 is 1.71 bits per heavy atom. The van der Waals surface area contributed by atoms with Crippen molar-refractivity contribution >= 4 is 12.0 Å². The first kappa shape index (κ1) is 18.5. The quantitative estimate of drug-likeness (QED) is 0.526. The summed E-state index contributed by atoms with van der Waals surface area (Å²) in [6, 6.07) is 7.92. The molecule has 1 aliphatic heterocycles. The molecular formula is C20H30N2O2. The van der Waals surface area contributed by atoms with Crippen molar-refractivity contribution in [3.8, 4) is 5.75 Å². The zero-order valence-electron chi connectivity index (χ0n) is 15.2. The molecule has 0 aromatic heterocycles. The average molecular weight is 330 g/mol. The van der Waals surface area contributed by atoms with Crippen LogP contribution in [0, 0.1) is 0 Å². The molecule has 4 heteroatoms. The van der Waals surface area contributed by atoms with Gasteiger partial charge in [0.1, 0.15) is 5.75 Å². The molecule has 1 amide bonds. The largest absolute Gasteiger partial charge is 0.494 e. The molecule has 2 rings (SSSR count). The highest BCUT2D eigenvalue weighted by molar-refractivity contribution is 6.01. The molecule has 0 radical (unpaired) electrons. The molecule has 0 aliphatic carbocycles. The summed E-state index contributed by atoms with van der Waals surface area (Å²) in [6.07, 6.45) is 9.52. The molecule has 1 aliphatic rings. The number of hydrogen-bond acceptors (Lipinski definition) is 3. The minimum atomic E-state index is -0.357. The van der Waals surface area contributed by atoms with Crippen molar-refractivity contribution in [3.63, 3.8) is 0 Å². The SMILES string of the molecule is CCCCCCCCOc1ccc(/C=C2\C(=O)NNC2(C)C)cc1. The molecule has 2 N–H and O–H groups in total. The Hall–Kier alpha value is -1.81. The predicted molar refractivity (Wildman–Crippen MR) is 98.6 cm³/mol. The number of ether oxygens (including phenoxy) is 1. The molecule has 0 bridgehead atoms. The van der Waals surface area contributed by atoms with E-state index >= 15 is 0 Å². The topological polar surface area (TPSA) is 50.4 Å². The van der Waals surface area contributed by atoms with Gasteiger partial charge in [-0.15, -0.1) is 0 Å². The summed E-state index contributed by atoms with van der Waals surface area (Å²) in [6.45, 7) is 6.97. The van der Waals surface area contributed by atoms with E-state index in [1.165, 1.54) is 32.1 Å². The molecule has 0 saturated carbocycles. The number of carbonyl (C=O) groups excluding carboxylic acids is 1. The second-order valence-corrected chi connectivity index (χ2v) is 6.95. The maximum Gasteiger partial charge on any atom is 0.263 e. The van der Waals surface area contributed by atoms with Crippen LogP contribution >= 0.6 is 0 Å². The second-order valence-electron chi connectivity index (χ2n) is 6.95. The van der Waals surface area contributed by atoms with Gasteiger partial charge in [0.25, 0.3) is 5.91 Å². The van der Waals surface area contributed by atoms with Crippen molar-refractivity contribution < 1.29 is 9.53 Å². The fourth-order valence-corrected chi connectivity index (χ4v) is 2.78. The Morgan fingerprint density at radius 1 is 1.04 bits per heavy atom. The summed E-state index contributed by atoms with van der Waals surface area (Å²) in [5, 5.41) is 0. The fourth-order valence-electron chi connectivity index (χ4n) is 2.78. The molecule has 1 aromatic carbocycles. The van der Waals surface area contributed by atoms with Gasteiger partial charge in [-0.3, -0.25) is 10.2 Å². The molecule has 4 nitrogen and oxygen atoms in total. The van der Waals surface area contributed by atoms with Crippen LogP contribution in [0.4, 0.5) is 0 Å². The first-order valence-corrected chi connectivity index (χ1v) is 9.05. The zero-order valence-corrected chi connectivity index (χ0v) is 15.2. The molecule has 24 heavy (non-hydrogen) atoms. The van der Waals surface area contributed by atoms with E-state index in [4.69, 9.17) is 4.74 Å². The molecule has 132 valence electrons. The maximum absolute atomic E-state index is 11.9. The van der Waals surface area contributed by atoms with Gasteiger partial charge < -0.3 is 4.74 Å². The lowest BCUT2D eigenvalue weighted by atomic mass is 9.94. The lowest BCUT2D eigenvalue weighted by Gasteiger charge is -2.16. The van der Waals surface area contributed by atoms with Crippen LogP contribution in [0.1, 0.15) is 64.9 Å². The van der Waals surface area contributed by atoms with Crippen molar-refractivity contribution in [2.24, 2.45) is 0 Å². The third kappa shape index (κ3) is 5.38. The molecular weight excluding hydrogens is 300 g/mol. The Bertz CT molecular complexity index is 562. The van der Waals surface area contributed by atoms with E-state index in [1.54, 1.807) is 0 Å². The summed E-state index contributed by atoms with van der Waals surface area (Å²) in [5.41, 5.74) is 7.03. The Morgan fingerprint density at radius 3 is 2.33 bits per heavy atom. The van der Waals surface area contributed by atoms with Crippen molar-refractivity contribution in [3.05, 3.63) is 35.4 Å². The number of amides is 1. The minimum Gasteiger partial charge on any atom is -0.494 e. The normalized spacial score (nSPS) is 18.0. The smallest absolute Gasteiger partial charge is 0.263 e. The Kier molecular flexibility index (Phi) is 6.85. The lowest BCUT2D eigenvalue weighted by molar-refractivity contribution is -0.116. The number of rotatable bonds is 9. The molecule has 0 unspecified atom stereocenters. The van der Waals surface area contributed by atoms with Crippen LogP contribution in [0.2, 0.25) is 0 Å². The van der Waals surface area contributed by atoms with Crippen LogP contribution in [-0.2, 0) is 4.79 Å². The molecule has 1 aromatic rings. The van der Waals surface area contributed by atoms with E-state index in [0.717, 1.165) is 29.9 Å². The van der Waals surface area contributed by atoms with Crippen molar-refractivity contribution in [2.75, 3.05) is 6.61 Å². The maximum atomic E-state index is 11.9. The van der Waals surface area contributed by atoms with Crippen LogP contribution < -0.4 is 15.6 Å². The summed E-state index contributed by atoms with van der Waals surface area (Å²) in [4.78, 5) is 11.9. The number of carbonyl (C=O) groups is 1. The van der Waals surface area contributed by atoms with Gasteiger partial charge in [0.15, 0.2) is 0 Å². The standard InChI is InChI=1S/C20H30N2O2/c1-4-5-6-7-8-9-14-24-17-12-10-16(11-13-17)15-18-19(23)21-22-20(18,2)3/h10-13,15,22H,4-9,14H2,1-3H3,(H,21,23)/b18-15+. The van der Waals surface area contributed by atoms with E-state index in [1.807, 2.05) is 44.2 Å². The zero-order chi connectivity index (χ0) is 17.4. The summed E-state index contributed by atoms with van der Waals surface area (Å²) < 4.78 is 5.79. The minimum absolute atomic E-state index is 0.0663. The van der Waals surface area contributed by atoms with Crippen molar-refractivity contribution in [2.45, 2.75) is 64.8 Å². The van der Waals surface area contributed by atoms with Crippen LogP contribution in [0.15, 0.2) is 29.8 Å². The molecule has 1 heterocycles. The summed E-state index contributed by atoms with van der Waals surface area (Å²) in [5.74, 6) is 0.822. The molecule has 0 spiro atoms. The third-order valence-corrected chi connectivity index (χ3v) is 4.36. The van der Waals surface area contributed by atoms with E-state index in [0.29, 0.717) is 0 Å². The summed E-state index contributed by atoms with van der Waals surface area (Å²) >= 11 is 0. The van der Waals surface area contributed by atoms with Gasteiger partial charge in [-0.25, -0.2) is 5.43 Å². The number of hydrazine groups is 1. The summed E-state index contributed by atoms with van der Waals surface area (Å²) in [7, 11) is 0. The van der Waals surface area contributed by atoms with Crippen LogP contribution in [-0.4, -0.2) is 18.1 Å². The Labute approximate surface area is 145 Å². The van der Waals surface area contributed by atoms with E-state index < -0.39 is 0 Å². The monoisotopic (exact) mass is 330 g/mol. The van der Waals surface area contributed by atoms with Gasteiger partial charge in [-0.05, 0) is 44.0 Å². The van der Waals surface area contributed by atoms with Gasteiger partial charge in [-0.2, -0.15) is 0 Å². The van der Waals surface area contributed by atoms with Gasteiger partial charge in [0, 0.05) is 5.57 Å². The third-order valence-electron chi connectivity index (χ3n) is 4.36. The van der Waals surface area contributed by atoms with Gasteiger partial charge in [0.05, 0.1) is 12.1 Å². The second kappa shape index (κ2) is 8.88.